The van der Waals surface area contributed by atoms with Crippen molar-refractivity contribution in [2.45, 2.75) is 17.7 Å². The molecule has 0 spiro atoms. The molecule has 17 nitrogen and oxygen atoms in total. The van der Waals surface area contributed by atoms with Crippen LogP contribution >= 0.6 is 0 Å². The molecule has 0 fully saturated rings. The van der Waals surface area contributed by atoms with Gasteiger partial charge in [0.25, 0.3) is 10.1 Å². The van der Waals surface area contributed by atoms with E-state index in [0.29, 0.717) is 23.9 Å². The van der Waals surface area contributed by atoms with Gasteiger partial charge in [-0.2, -0.15) is 21.9 Å². The number of nitrogens with zero attached hydrogens (tertiary/aromatic N) is 2. The van der Waals surface area contributed by atoms with Gasteiger partial charge in [0.1, 0.15) is 11.4 Å². The van der Waals surface area contributed by atoms with Crippen LogP contribution in [0.25, 0.3) is 10.8 Å². The number of fused-ring (bicyclic) bond motifs is 1. The molecule has 0 saturated carbocycles. The number of phenols is 1. The van der Waals surface area contributed by atoms with Crippen LogP contribution in [0.4, 0.5) is 17.1 Å². The van der Waals surface area contributed by atoms with Crippen LogP contribution in [-0.2, 0) is 52.3 Å². The third kappa shape index (κ3) is 12.8. The molecule has 3 aromatic carbocycles. The Hall–Kier alpha value is -3.86. The number of azo groups is 1. The topological polar surface area (TPSA) is 291 Å². The van der Waals surface area contributed by atoms with Gasteiger partial charge in [0, 0.05) is 11.5 Å². The Morgan fingerprint density at radius 1 is 0.825 bits per heavy atom. The van der Waals surface area contributed by atoms with E-state index in [4.69, 9.17) is 35.5 Å². The Morgan fingerprint density at radius 3 is 1.88 bits per heavy atom. The van der Waals surface area contributed by atoms with E-state index in [1.807, 2.05) is 0 Å². The van der Waals surface area contributed by atoms with Crippen LogP contribution in [0.1, 0.15) is 12.0 Å². The zero-order chi connectivity index (χ0) is 30.7. The molecule has 3 rings (SSSR count). The summed E-state index contributed by atoms with van der Waals surface area (Å²) in [4.78, 5) is -0.457. The maximum absolute atomic E-state index is 11.3. The van der Waals surface area contributed by atoms with Gasteiger partial charge in [-0.1, -0.05) is 18.2 Å². The normalized spacial score (nSPS) is 11.2. The number of rotatable bonds is 8. The zero-order valence-corrected chi connectivity index (χ0v) is 22.9. The average molecular weight is 642 g/mol. The van der Waals surface area contributed by atoms with Crippen molar-refractivity contribution in [2.24, 2.45) is 10.2 Å². The van der Waals surface area contributed by atoms with Gasteiger partial charge in [-0.15, -0.1) is 30.4 Å². The number of phenolic OH excluding ortho intramolecular Hbond substituents is 1. The van der Waals surface area contributed by atoms with Crippen LogP contribution in [0.5, 0.6) is 5.75 Å². The van der Waals surface area contributed by atoms with Gasteiger partial charge >= 0.3 is 31.6 Å². The monoisotopic (exact) mass is 641 g/mol. The quantitative estimate of drug-likeness (QED) is 0.117. The lowest BCUT2D eigenvalue weighted by Crippen LogP contribution is -2.05. The van der Waals surface area contributed by atoms with E-state index in [1.54, 1.807) is 24.3 Å². The molecule has 0 heterocycles. The van der Waals surface area contributed by atoms with Crippen LogP contribution < -0.4 is 5.73 Å². The van der Waals surface area contributed by atoms with E-state index in [-0.39, 0.29) is 23.4 Å². The predicted molar refractivity (Wildman–Crippen MR) is 136 cm³/mol. The number of anilines is 1. The number of nitrogens with two attached hydrogens (primary N) is 1. The lowest BCUT2D eigenvalue weighted by molar-refractivity contribution is 0.265. The molecule has 40 heavy (non-hydrogen) atoms. The highest BCUT2D eigenvalue weighted by Gasteiger charge is 2.16. The van der Waals surface area contributed by atoms with Crippen LogP contribution in [0.3, 0.4) is 0 Å². The van der Waals surface area contributed by atoms with Gasteiger partial charge in [-0.05, 0) is 48.1 Å². The summed E-state index contributed by atoms with van der Waals surface area (Å²) in [5, 5.41) is 18.8. The average Bonchev–Trinajstić information content (AvgIpc) is 2.80. The molecule has 0 bridgehead atoms. The molecule has 218 valence electrons. The maximum Gasteiger partial charge on any atom is 0.425 e. The molecule has 0 aromatic heterocycles. The molecule has 0 unspecified atom stereocenters. The van der Waals surface area contributed by atoms with Crippen molar-refractivity contribution < 1.29 is 60.5 Å². The smallest absolute Gasteiger partial charge is 0.425 e. The van der Waals surface area contributed by atoms with Crippen molar-refractivity contribution in [3.8, 4) is 5.75 Å². The van der Waals surface area contributed by atoms with Crippen LogP contribution in [0.2, 0.25) is 0 Å². The second-order valence-electron chi connectivity index (χ2n) is 7.14. The summed E-state index contributed by atoms with van der Waals surface area (Å²) in [6.45, 7) is -0.139. The molecule has 3 aromatic rings. The fourth-order valence-electron chi connectivity index (χ4n) is 2.95. The molecule has 0 aliphatic heterocycles. The molecular formula is C19H19N3O14S4. The minimum absolute atomic E-state index is 0.0843. The molecule has 5 N–H and O–H groups in total. The Bertz CT molecular complexity index is 1780. The molecule has 0 radical (unpaired) electrons. The van der Waals surface area contributed by atoms with Gasteiger partial charge in [-0.3, -0.25) is 9.11 Å². The summed E-state index contributed by atoms with van der Waals surface area (Å²) in [7, 11) is -15.2. The molecule has 0 atom stereocenters. The van der Waals surface area contributed by atoms with E-state index in [0.717, 1.165) is 11.6 Å². The van der Waals surface area contributed by atoms with Crippen molar-refractivity contribution in [1.29, 1.82) is 0 Å². The van der Waals surface area contributed by atoms with E-state index in [9.17, 15) is 26.5 Å². The lowest BCUT2D eigenvalue weighted by Gasteiger charge is -2.08. The summed E-state index contributed by atoms with van der Waals surface area (Å²) in [6, 6.07) is 12.0. The Labute approximate surface area is 229 Å². The standard InChI is InChI=1S/C19H19N3O8S2.2O3S/c20-19-16(8-5-13-10-15(31(24,25)26)11-17(23)18(13)19)22-21-14-6-3-12(4-7-14)2-1-9-30-32(27,28)29;2*1-4(2)3/h3-8,10-11,23H,1-2,9,20H2,(H,24,25,26)(H,27,28,29);;. The van der Waals surface area contributed by atoms with Crippen molar-refractivity contribution in [1.82, 2.24) is 0 Å². The third-order valence-electron chi connectivity index (χ3n) is 4.44. The highest BCUT2D eigenvalue weighted by Crippen LogP contribution is 2.38. The Morgan fingerprint density at radius 2 is 1.38 bits per heavy atom. The summed E-state index contributed by atoms with van der Waals surface area (Å²) in [5.74, 6) is -0.424. The second-order valence-corrected chi connectivity index (χ2v) is 10.5. The number of benzene rings is 3. The Kier molecular flexibility index (Phi) is 12.9. The van der Waals surface area contributed by atoms with Gasteiger partial charge < -0.3 is 10.8 Å². The summed E-state index contributed by atoms with van der Waals surface area (Å²) in [6.07, 6.45) is 0.909. The molecule has 0 saturated heterocycles. The van der Waals surface area contributed by atoms with Crippen LogP contribution in [0, 0.1) is 0 Å². The summed E-state index contributed by atoms with van der Waals surface area (Å²) in [5.41, 5.74) is 7.80. The van der Waals surface area contributed by atoms with Gasteiger partial charge in [0.05, 0.1) is 22.9 Å². The molecular weight excluding hydrogens is 622 g/mol. The van der Waals surface area contributed by atoms with Gasteiger partial charge in [0.15, 0.2) is 0 Å². The van der Waals surface area contributed by atoms with E-state index >= 15 is 0 Å². The van der Waals surface area contributed by atoms with Crippen LogP contribution in [-0.4, -0.2) is 62.9 Å². The number of hydrogen-bond acceptors (Lipinski definition) is 15. The zero-order valence-electron chi connectivity index (χ0n) is 19.7. The number of aryl methyl sites for hydroxylation is 1. The first-order valence-corrected chi connectivity index (χ1v) is 14.9. The van der Waals surface area contributed by atoms with E-state index < -0.39 is 52.4 Å². The van der Waals surface area contributed by atoms with Crippen molar-refractivity contribution in [2.75, 3.05) is 12.3 Å². The first-order chi connectivity index (χ1) is 18.4. The highest BCUT2D eigenvalue weighted by atomic mass is 32.3. The first-order valence-electron chi connectivity index (χ1n) is 10.1. The number of aromatic hydroxyl groups is 1. The molecule has 0 aliphatic rings. The fourth-order valence-corrected chi connectivity index (χ4v) is 3.82. The number of nitrogen functional groups attached to an aromatic ring is 1. The largest absolute Gasteiger partial charge is 0.507 e. The molecule has 21 heteroatoms. The molecule has 0 aliphatic carbocycles. The predicted octanol–water partition coefficient (Wildman–Crippen LogP) is 1.53. The highest BCUT2D eigenvalue weighted by molar-refractivity contribution is 7.85. The second kappa shape index (κ2) is 15.1. The van der Waals surface area contributed by atoms with E-state index in [1.165, 1.54) is 18.2 Å². The fraction of sp³-hybridized carbons (Fsp3) is 0.158. The number of hydrogen-bond donors (Lipinski definition) is 4. The minimum atomic E-state index is -4.49. The summed E-state index contributed by atoms with van der Waals surface area (Å²) >= 11 is 0. The summed E-state index contributed by atoms with van der Waals surface area (Å²) < 4.78 is 116. The van der Waals surface area contributed by atoms with E-state index in [2.05, 4.69) is 14.4 Å². The van der Waals surface area contributed by atoms with Crippen molar-refractivity contribution in [3.05, 3.63) is 54.1 Å². The van der Waals surface area contributed by atoms with Crippen molar-refractivity contribution in [3.63, 3.8) is 0 Å². The first kappa shape index (κ1) is 34.2. The third-order valence-corrected chi connectivity index (χ3v) is 5.73. The SMILES string of the molecule is Nc1c(N=Nc2ccc(CCCOS(=O)(=O)O)cc2)ccc2cc(S(=O)(=O)O)cc(O)c12.O=S(=O)=O.O=S(=O)=O. The van der Waals surface area contributed by atoms with Gasteiger partial charge in [-0.25, -0.2) is 4.18 Å². The van der Waals surface area contributed by atoms with Gasteiger partial charge in [0.2, 0.25) is 0 Å². The lowest BCUT2D eigenvalue weighted by atomic mass is 10.1. The van der Waals surface area contributed by atoms with Crippen molar-refractivity contribution >= 4 is 69.6 Å². The van der Waals surface area contributed by atoms with Crippen LogP contribution in [0.15, 0.2) is 63.7 Å². The minimum Gasteiger partial charge on any atom is -0.507 e. The Balaban J connectivity index is 0.000000883. The molecule has 0 amide bonds. The maximum atomic E-state index is 11.3.